The van der Waals surface area contributed by atoms with Gasteiger partial charge in [-0.1, -0.05) is 12.1 Å². The van der Waals surface area contributed by atoms with Crippen molar-refractivity contribution in [3.05, 3.63) is 29.8 Å². The second-order valence-electron chi connectivity index (χ2n) is 3.43. The van der Waals surface area contributed by atoms with Crippen LogP contribution in [0, 0.1) is 0 Å². The molecule has 0 fully saturated rings. The summed E-state index contributed by atoms with van der Waals surface area (Å²) in [5.74, 6) is -0.395. The zero-order valence-electron chi connectivity index (χ0n) is 8.57. The molecule has 1 aromatic rings. The molecule has 0 saturated heterocycles. The molecule has 4 N–H and O–H groups in total. The summed E-state index contributed by atoms with van der Waals surface area (Å²) < 4.78 is 0. The van der Waals surface area contributed by atoms with Gasteiger partial charge in [-0.25, -0.2) is 0 Å². The zero-order chi connectivity index (χ0) is 11.4. The van der Waals surface area contributed by atoms with E-state index >= 15 is 0 Å². The Kier molecular flexibility index (Phi) is 3.57. The summed E-state index contributed by atoms with van der Waals surface area (Å²) in [6.45, 7) is 1.37. The first-order chi connectivity index (χ1) is 7.02. The molecule has 0 spiro atoms. The minimum absolute atomic E-state index is 0.00352. The van der Waals surface area contributed by atoms with E-state index in [1.165, 1.54) is 6.92 Å². The Balaban J connectivity index is 2.78. The van der Waals surface area contributed by atoms with Gasteiger partial charge >= 0.3 is 0 Å². The summed E-state index contributed by atoms with van der Waals surface area (Å²) in [5.41, 5.74) is 12.0. The Morgan fingerprint density at radius 3 is 2.47 bits per heavy atom. The highest BCUT2D eigenvalue weighted by atomic mass is 16.1. The van der Waals surface area contributed by atoms with E-state index in [4.69, 9.17) is 11.5 Å². The lowest BCUT2D eigenvalue weighted by Gasteiger charge is -2.08. The maximum Gasteiger partial charge on any atom is 0.166 e. The minimum Gasteiger partial charge on any atom is -0.398 e. The van der Waals surface area contributed by atoms with E-state index in [0.717, 1.165) is 0 Å². The largest absolute Gasteiger partial charge is 0.398 e. The highest BCUT2D eigenvalue weighted by Crippen LogP contribution is 2.13. The van der Waals surface area contributed by atoms with Gasteiger partial charge in [0.2, 0.25) is 0 Å². The van der Waals surface area contributed by atoms with Crippen LogP contribution in [0.15, 0.2) is 24.3 Å². The molecule has 0 aliphatic heterocycles. The number of carbonyl (C=O) groups is 2. The van der Waals surface area contributed by atoms with Gasteiger partial charge in [-0.3, -0.25) is 9.59 Å². The lowest BCUT2D eigenvalue weighted by Crippen LogP contribution is -2.31. The van der Waals surface area contributed by atoms with Gasteiger partial charge in [-0.05, 0) is 19.1 Å². The van der Waals surface area contributed by atoms with Gasteiger partial charge in [-0.15, -0.1) is 0 Å². The molecule has 4 nitrogen and oxygen atoms in total. The van der Waals surface area contributed by atoms with Gasteiger partial charge in [0.05, 0.1) is 6.04 Å². The predicted octanol–water partition coefficient (Wildman–Crippen LogP) is 0.758. The number of carbonyl (C=O) groups excluding carboxylic acids is 2. The van der Waals surface area contributed by atoms with Crippen molar-refractivity contribution in [2.75, 3.05) is 5.73 Å². The smallest absolute Gasteiger partial charge is 0.166 e. The third kappa shape index (κ3) is 2.89. The Bertz CT molecular complexity index is 388. The van der Waals surface area contributed by atoms with Crippen LogP contribution in [0.4, 0.5) is 5.69 Å². The van der Waals surface area contributed by atoms with E-state index in [9.17, 15) is 9.59 Å². The number of ketones is 2. The quantitative estimate of drug-likeness (QED) is 0.562. The molecule has 0 radical (unpaired) electrons. The summed E-state index contributed by atoms with van der Waals surface area (Å²) in [5, 5.41) is 0. The highest BCUT2D eigenvalue weighted by molar-refractivity contribution is 6.03. The van der Waals surface area contributed by atoms with Gasteiger partial charge < -0.3 is 11.5 Å². The summed E-state index contributed by atoms with van der Waals surface area (Å²) in [6, 6.07) is 6.01. The number of nitrogens with two attached hydrogens (primary N) is 2. The van der Waals surface area contributed by atoms with E-state index in [1.54, 1.807) is 24.3 Å². The maximum atomic E-state index is 11.7. The van der Waals surface area contributed by atoms with Gasteiger partial charge in [0.25, 0.3) is 0 Å². The normalized spacial score (nSPS) is 12.1. The molecule has 1 aromatic carbocycles. The van der Waals surface area contributed by atoms with Crippen molar-refractivity contribution in [1.82, 2.24) is 0 Å². The molecule has 0 aliphatic carbocycles. The van der Waals surface area contributed by atoms with Crippen molar-refractivity contribution >= 4 is 17.3 Å². The van der Waals surface area contributed by atoms with Crippen molar-refractivity contribution < 1.29 is 9.59 Å². The molecule has 0 aliphatic rings. The first-order valence-electron chi connectivity index (χ1n) is 4.66. The van der Waals surface area contributed by atoms with Gasteiger partial charge in [-0.2, -0.15) is 0 Å². The number of hydrogen-bond donors (Lipinski definition) is 2. The predicted molar refractivity (Wildman–Crippen MR) is 58.5 cm³/mol. The average Bonchev–Trinajstić information content (AvgIpc) is 2.18. The average molecular weight is 206 g/mol. The third-order valence-corrected chi connectivity index (χ3v) is 2.19. The molecule has 0 bridgehead atoms. The molecule has 1 unspecified atom stereocenters. The fraction of sp³-hybridized carbons (Fsp3) is 0.273. The Hall–Kier alpha value is -1.68. The molecule has 0 heterocycles. The molecular formula is C11H14N2O2. The van der Waals surface area contributed by atoms with Gasteiger partial charge in [0.15, 0.2) is 5.78 Å². The van der Waals surface area contributed by atoms with Crippen molar-refractivity contribution in [3.8, 4) is 0 Å². The monoisotopic (exact) mass is 206 g/mol. The van der Waals surface area contributed by atoms with Crippen molar-refractivity contribution in [2.45, 2.75) is 19.4 Å². The fourth-order valence-corrected chi connectivity index (χ4v) is 1.20. The van der Waals surface area contributed by atoms with Crippen LogP contribution in [0.1, 0.15) is 23.7 Å². The van der Waals surface area contributed by atoms with Crippen LogP contribution >= 0.6 is 0 Å². The summed E-state index contributed by atoms with van der Waals surface area (Å²) in [6.07, 6.45) is 0.00352. The SMILES string of the molecule is CC(=O)C(N)CC(=O)c1ccccc1N. The van der Waals surface area contributed by atoms with E-state index in [-0.39, 0.29) is 18.0 Å². The zero-order valence-corrected chi connectivity index (χ0v) is 8.57. The van der Waals surface area contributed by atoms with Crippen molar-refractivity contribution in [1.29, 1.82) is 0 Å². The van der Waals surface area contributed by atoms with Gasteiger partial charge in [0.1, 0.15) is 5.78 Å². The number of nitrogen functional groups attached to an aromatic ring is 1. The molecule has 0 saturated carbocycles. The second kappa shape index (κ2) is 4.70. The van der Waals surface area contributed by atoms with Crippen LogP contribution in [0.25, 0.3) is 0 Å². The lowest BCUT2D eigenvalue weighted by atomic mass is 10.0. The van der Waals surface area contributed by atoms with Crippen LogP contribution in [0.5, 0.6) is 0 Å². The van der Waals surface area contributed by atoms with Crippen molar-refractivity contribution in [3.63, 3.8) is 0 Å². The maximum absolute atomic E-state index is 11.7. The van der Waals surface area contributed by atoms with E-state index in [0.29, 0.717) is 11.3 Å². The highest BCUT2D eigenvalue weighted by Gasteiger charge is 2.16. The van der Waals surface area contributed by atoms with Crippen LogP contribution in [-0.2, 0) is 4.79 Å². The molecule has 0 aromatic heterocycles. The summed E-state index contributed by atoms with van der Waals surface area (Å²) in [4.78, 5) is 22.6. The minimum atomic E-state index is -0.739. The first kappa shape index (κ1) is 11.4. The first-order valence-corrected chi connectivity index (χ1v) is 4.66. The van der Waals surface area contributed by atoms with E-state index in [2.05, 4.69) is 0 Å². The van der Waals surface area contributed by atoms with Crippen LogP contribution in [0.3, 0.4) is 0 Å². The molecule has 15 heavy (non-hydrogen) atoms. The Labute approximate surface area is 88.3 Å². The number of benzene rings is 1. The number of Topliss-reactive ketones (excluding diaryl/α,β-unsaturated/α-hetero) is 2. The lowest BCUT2D eigenvalue weighted by molar-refractivity contribution is -0.118. The Morgan fingerprint density at radius 1 is 1.33 bits per heavy atom. The van der Waals surface area contributed by atoms with Crippen molar-refractivity contribution in [2.24, 2.45) is 5.73 Å². The molecule has 1 rings (SSSR count). The van der Waals surface area contributed by atoms with Crippen LogP contribution in [-0.4, -0.2) is 17.6 Å². The van der Waals surface area contributed by atoms with Gasteiger partial charge in [0, 0.05) is 17.7 Å². The molecule has 4 heteroatoms. The van der Waals surface area contributed by atoms with E-state index in [1.807, 2.05) is 0 Å². The number of rotatable bonds is 4. The third-order valence-electron chi connectivity index (χ3n) is 2.19. The summed E-state index contributed by atoms with van der Waals surface area (Å²) in [7, 11) is 0. The second-order valence-corrected chi connectivity index (χ2v) is 3.43. The molecular weight excluding hydrogens is 192 g/mol. The number of hydrogen-bond acceptors (Lipinski definition) is 4. The van der Waals surface area contributed by atoms with Crippen LogP contribution in [0.2, 0.25) is 0 Å². The molecule has 80 valence electrons. The number of anilines is 1. The topological polar surface area (TPSA) is 86.2 Å². The molecule has 1 atom stereocenters. The Morgan fingerprint density at radius 2 is 1.93 bits per heavy atom. The fourth-order valence-electron chi connectivity index (χ4n) is 1.20. The molecule has 0 amide bonds. The van der Waals surface area contributed by atoms with E-state index < -0.39 is 6.04 Å². The standard InChI is InChI=1S/C11H14N2O2/c1-7(14)10(13)6-11(15)8-4-2-3-5-9(8)12/h2-5,10H,6,12-13H2,1H3. The summed E-state index contributed by atoms with van der Waals surface area (Å²) >= 11 is 0. The number of para-hydroxylation sites is 1. The van der Waals surface area contributed by atoms with Crippen LogP contribution < -0.4 is 11.5 Å².